The first-order chi connectivity index (χ1) is 11.2. The number of fused-ring (bicyclic) bond motifs is 2. The molecule has 0 fully saturated rings. The van der Waals surface area contributed by atoms with Crippen molar-refractivity contribution in [3.63, 3.8) is 0 Å². The van der Waals surface area contributed by atoms with Crippen molar-refractivity contribution in [3.8, 4) is 0 Å². The lowest BCUT2D eigenvalue weighted by atomic mass is 10.1. The van der Waals surface area contributed by atoms with E-state index in [1.54, 1.807) is 6.92 Å². The molecule has 0 amide bonds. The topological polar surface area (TPSA) is 42.0 Å². The van der Waals surface area contributed by atoms with Crippen molar-refractivity contribution >= 4 is 39.8 Å². The number of anilines is 2. The number of para-hydroxylation sites is 1. The number of rotatable bonds is 3. The molecule has 4 rings (SSSR count). The number of carbonyl (C=O) groups excluding carboxylic acids is 1. The zero-order valence-electron chi connectivity index (χ0n) is 12.8. The molecule has 1 aromatic heterocycles. The molecule has 114 valence electrons. The van der Waals surface area contributed by atoms with E-state index < -0.39 is 0 Å². The van der Waals surface area contributed by atoms with Crippen molar-refractivity contribution < 1.29 is 4.79 Å². The summed E-state index contributed by atoms with van der Waals surface area (Å²) in [6.45, 7) is 1.59. The third kappa shape index (κ3) is 2.59. The second-order valence-electron chi connectivity index (χ2n) is 5.68. The van der Waals surface area contributed by atoms with Gasteiger partial charge in [0.1, 0.15) is 0 Å². The second kappa shape index (κ2) is 5.70. The minimum absolute atomic E-state index is 0.0778. The predicted octanol–water partition coefficient (Wildman–Crippen LogP) is 4.93. The number of pyridine rings is 1. The summed E-state index contributed by atoms with van der Waals surface area (Å²) in [5, 5.41) is 4.66. The van der Waals surface area contributed by atoms with Crippen LogP contribution in [0.15, 0.2) is 48.5 Å². The van der Waals surface area contributed by atoms with Gasteiger partial charge in [0, 0.05) is 33.7 Å². The Hall–Kier alpha value is -2.33. The molecule has 0 saturated heterocycles. The van der Waals surface area contributed by atoms with Gasteiger partial charge in [0.2, 0.25) is 0 Å². The molecule has 0 spiro atoms. The molecule has 4 heteroatoms. The number of Topliss-reactive ketones (excluding diaryl/α,β-unsaturated/α-hetero) is 1. The molecule has 0 aliphatic carbocycles. The fourth-order valence-corrected chi connectivity index (χ4v) is 3.98. The summed E-state index contributed by atoms with van der Waals surface area (Å²) >= 11 is 1.89. The van der Waals surface area contributed by atoms with Crippen LogP contribution in [0, 0.1) is 0 Å². The van der Waals surface area contributed by atoms with Crippen molar-refractivity contribution in [2.24, 2.45) is 0 Å². The first kappa shape index (κ1) is 14.3. The predicted molar refractivity (Wildman–Crippen MR) is 96.5 cm³/mol. The second-order valence-corrected chi connectivity index (χ2v) is 6.67. The minimum Gasteiger partial charge on any atom is -0.355 e. The van der Waals surface area contributed by atoms with Crippen LogP contribution < -0.4 is 5.32 Å². The number of nitrogens with zero attached hydrogens (tertiary/aromatic N) is 1. The van der Waals surface area contributed by atoms with Crippen LogP contribution in [0.2, 0.25) is 0 Å². The van der Waals surface area contributed by atoms with E-state index in [9.17, 15) is 4.79 Å². The molecule has 2 aromatic carbocycles. The van der Waals surface area contributed by atoms with Crippen LogP contribution in [0.25, 0.3) is 10.9 Å². The van der Waals surface area contributed by atoms with Gasteiger partial charge in [0.25, 0.3) is 0 Å². The Morgan fingerprint density at radius 1 is 1.13 bits per heavy atom. The number of carbonyl (C=O) groups is 1. The highest BCUT2D eigenvalue weighted by Gasteiger charge is 2.20. The van der Waals surface area contributed by atoms with E-state index >= 15 is 0 Å². The highest BCUT2D eigenvalue weighted by molar-refractivity contribution is 7.98. The summed E-state index contributed by atoms with van der Waals surface area (Å²) in [7, 11) is 0. The fourth-order valence-electron chi connectivity index (χ4n) is 2.93. The van der Waals surface area contributed by atoms with Crippen LogP contribution >= 0.6 is 11.8 Å². The molecular formula is C19H16N2OS. The molecule has 1 aliphatic heterocycles. The first-order valence-electron chi connectivity index (χ1n) is 7.58. The highest BCUT2D eigenvalue weighted by Crippen LogP contribution is 2.39. The summed E-state index contributed by atoms with van der Waals surface area (Å²) in [5.74, 6) is 2.01. The van der Waals surface area contributed by atoms with E-state index in [1.165, 1.54) is 11.3 Å². The summed E-state index contributed by atoms with van der Waals surface area (Å²) < 4.78 is 0. The molecule has 1 aliphatic rings. The average molecular weight is 320 g/mol. The van der Waals surface area contributed by atoms with Gasteiger partial charge in [-0.25, -0.2) is 0 Å². The third-order valence-corrected chi connectivity index (χ3v) is 5.07. The first-order valence-corrected chi connectivity index (χ1v) is 8.74. The maximum absolute atomic E-state index is 11.6. The van der Waals surface area contributed by atoms with Crippen molar-refractivity contribution in [1.29, 1.82) is 0 Å². The summed E-state index contributed by atoms with van der Waals surface area (Å²) in [5.41, 5.74) is 6.24. The van der Waals surface area contributed by atoms with Crippen LogP contribution in [-0.2, 0) is 11.5 Å². The van der Waals surface area contributed by atoms with E-state index in [4.69, 9.17) is 4.98 Å². The lowest BCUT2D eigenvalue weighted by Gasteiger charge is -2.14. The molecule has 0 bridgehead atoms. The van der Waals surface area contributed by atoms with Gasteiger partial charge in [-0.2, -0.15) is 11.8 Å². The van der Waals surface area contributed by atoms with Crippen molar-refractivity contribution in [2.45, 2.75) is 18.4 Å². The van der Waals surface area contributed by atoms with Gasteiger partial charge >= 0.3 is 0 Å². The largest absolute Gasteiger partial charge is 0.355 e. The minimum atomic E-state index is 0.0778. The molecule has 0 atom stereocenters. The SMILES string of the molecule is CC(=O)c1cccc(Nc2c3c(nc4ccccc24)CSC3)c1. The van der Waals surface area contributed by atoms with Gasteiger partial charge < -0.3 is 5.32 Å². The number of aromatic nitrogens is 1. The normalized spacial score (nSPS) is 13.1. The Morgan fingerprint density at radius 2 is 2.00 bits per heavy atom. The van der Waals surface area contributed by atoms with Gasteiger partial charge in [-0.05, 0) is 25.1 Å². The molecule has 23 heavy (non-hydrogen) atoms. The van der Waals surface area contributed by atoms with Gasteiger partial charge in [0.15, 0.2) is 5.78 Å². The Balaban J connectivity index is 1.85. The fraction of sp³-hybridized carbons (Fsp3) is 0.158. The molecule has 3 nitrogen and oxygen atoms in total. The van der Waals surface area contributed by atoms with E-state index in [-0.39, 0.29) is 5.78 Å². The van der Waals surface area contributed by atoms with Crippen LogP contribution in [0.5, 0.6) is 0 Å². The van der Waals surface area contributed by atoms with Gasteiger partial charge in [-0.15, -0.1) is 0 Å². The van der Waals surface area contributed by atoms with E-state index in [0.717, 1.165) is 39.3 Å². The van der Waals surface area contributed by atoms with Crippen molar-refractivity contribution in [3.05, 3.63) is 65.4 Å². The zero-order valence-corrected chi connectivity index (χ0v) is 13.6. The zero-order chi connectivity index (χ0) is 15.8. The Labute approximate surface area is 139 Å². The third-order valence-electron chi connectivity index (χ3n) is 4.10. The number of thioether (sulfide) groups is 1. The molecular weight excluding hydrogens is 304 g/mol. The molecule has 2 heterocycles. The van der Waals surface area contributed by atoms with E-state index in [2.05, 4.69) is 17.4 Å². The van der Waals surface area contributed by atoms with Crippen molar-refractivity contribution in [1.82, 2.24) is 4.98 Å². The lowest BCUT2D eigenvalue weighted by Crippen LogP contribution is -2.01. The lowest BCUT2D eigenvalue weighted by molar-refractivity contribution is 0.101. The Kier molecular flexibility index (Phi) is 3.54. The van der Waals surface area contributed by atoms with E-state index in [0.29, 0.717) is 0 Å². The molecule has 0 saturated carbocycles. The molecule has 0 radical (unpaired) electrons. The summed E-state index contributed by atoms with van der Waals surface area (Å²) in [6, 6.07) is 15.9. The monoisotopic (exact) mass is 320 g/mol. The van der Waals surface area contributed by atoms with Gasteiger partial charge in [-0.1, -0.05) is 30.3 Å². The van der Waals surface area contributed by atoms with Gasteiger partial charge in [-0.3, -0.25) is 9.78 Å². The number of ketones is 1. The van der Waals surface area contributed by atoms with Crippen LogP contribution in [0.3, 0.4) is 0 Å². The van der Waals surface area contributed by atoms with E-state index in [1.807, 2.05) is 48.2 Å². The number of benzene rings is 2. The van der Waals surface area contributed by atoms with Crippen LogP contribution in [0.4, 0.5) is 11.4 Å². The molecule has 3 aromatic rings. The summed E-state index contributed by atoms with van der Waals surface area (Å²) in [6.07, 6.45) is 0. The van der Waals surface area contributed by atoms with Gasteiger partial charge in [0.05, 0.1) is 16.9 Å². The Morgan fingerprint density at radius 3 is 2.87 bits per heavy atom. The maximum Gasteiger partial charge on any atom is 0.159 e. The number of hydrogen-bond acceptors (Lipinski definition) is 4. The molecule has 0 unspecified atom stereocenters. The smallest absolute Gasteiger partial charge is 0.159 e. The van der Waals surface area contributed by atoms with Crippen LogP contribution in [0.1, 0.15) is 28.5 Å². The molecule has 1 N–H and O–H groups in total. The standard InChI is InChI=1S/C19H16N2OS/c1-12(22)13-5-4-6-14(9-13)20-19-15-7-2-3-8-17(15)21-18-11-23-10-16(18)19/h2-9H,10-11H2,1H3,(H,20,21). The average Bonchev–Trinajstić information content (AvgIpc) is 3.03. The summed E-state index contributed by atoms with van der Waals surface area (Å²) in [4.78, 5) is 16.4. The number of hydrogen-bond donors (Lipinski definition) is 1. The van der Waals surface area contributed by atoms with Crippen molar-refractivity contribution in [2.75, 3.05) is 5.32 Å². The quantitative estimate of drug-likeness (QED) is 0.695. The Bertz CT molecular complexity index is 920. The maximum atomic E-state index is 11.6. The van der Waals surface area contributed by atoms with Crippen LogP contribution in [-0.4, -0.2) is 10.8 Å². The number of nitrogens with one attached hydrogen (secondary N) is 1. The highest BCUT2D eigenvalue weighted by atomic mass is 32.2.